The minimum atomic E-state index is -4.88. The fourth-order valence-corrected chi connectivity index (χ4v) is 2.22. The molecule has 1 aromatic heterocycles. The van der Waals surface area contributed by atoms with E-state index in [1.165, 1.54) is 6.07 Å². The van der Waals surface area contributed by atoms with Gasteiger partial charge in [0.25, 0.3) is 11.6 Å². The number of alkyl halides is 3. The van der Waals surface area contributed by atoms with Crippen LogP contribution in [0, 0.1) is 10.1 Å². The zero-order chi connectivity index (χ0) is 15.6. The van der Waals surface area contributed by atoms with Crippen LogP contribution < -0.4 is 5.32 Å². The second kappa shape index (κ2) is 5.52. The summed E-state index contributed by atoms with van der Waals surface area (Å²) in [6, 6.07) is 5.45. The van der Waals surface area contributed by atoms with Crippen LogP contribution >= 0.6 is 11.3 Å². The molecule has 2 aromatic rings. The Kier molecular flexibility index (Phi) is 3.94. The quantitative estimate of drug-likeness (QED) is 0.689. The predicted molar refractivity (Wildman–Crippen MR) is 70.4 cm³/mol. The molecule has 0 radical (unpaired) electrons. The Hall–Kier alpha value is -2.42. The zero-order valence-electron chi connectivity index (χ0n) is 10.2. The normalized spacial score (nSPS) is 11.2. The molecule has 110 valence electrons. The number of nitrogens with zero attached hydrogens (tertiary/aromatic N) is 1. The van der Waals surface area contributed by atoms with Crippen LogP contribution in [0.15, 0.2) is 35.7 Å². The van der Waals surface area contributed by atoms with E-state index in [1.807, 2.05) is 0 Å². The molecule has 0 aliphatic rings. The van der Waals surface area contributed by atoms with Gasteiger partial charge in [0.15, 0.2) is 0 Å². The number of anilines is 1. The van der Waals surface area contributed by atoms with E-state index < -0.39 is 28.3 Å². The number of thiophene rings is 1. The van der Waals surface area contributed by atoms with E-state index in [0.29, 0.717) is 17.0 Å². The molecule has 0 aliphatic heterocycles. The summed E-state index contributed by atoms with van der Waals surface area (Å²) in [5.41, 5.74) is -2.63. The summed E-state index contributed by atoms with van der Waals surface area (Å²) < 4.78 is 38.4. The van der Waals surface area contributed by atoms with Crippen molar-refractivity contribution in [3.8, 4) is 0 Å². The van der Waals surface area contributed by atoms with Crippen LogP contribution in [0.2, 0.25) is 0 Å². The van der Waals surface area contributed by atoms with Gasteiger partial charge in [0.1, 0.15) is 5.56 Å². The Morgan fingerprint density at radius 1 is 1.29 bits per heavy atom. The molecule has 0 unspecified atom stereocenters. The van der Waals surface area contributed by atoms with Gasteiger partial charge in [-0.3, -0.25) is 14.9 Å². The molecule has 9 heteroatoms. The summed E-state index contributed by atoms with van der Waals surface area (Å²) in [6.07, 6.45) is -4.88. The van der Waals surface area contributed by atoms with Gasteiger partial charge in [-0.25, -0.2) is 0 Å². The maximum Gasteiger partial charge on any atom is 0.423 e. The highest BCUT2D eigenvalue weighted by Crippen LogP contribution is 2.37. The van der Waals surface area contributed by atoms with Crippen molar-refractivity contribution in [1.29, 1.82) is 0 Å². The molecule has 1 heterocycles. The molecule has 0 fully saturated rings. The lowest BCUT2D eigenvalue weighted by atomic mass is 10.1. The summed E-state index contributed by atoms with van der Waals surface area (Å²) in [7, 11) is 0. The highest BCUT2D eigenvalue weighted by atomic mass is 32.1. The maximum atomic E-state index is 12.8. The molecule has 1 amide bonds. The number of nitro groups is 1. The first kappa shape index (κ1) is 15.0. The number of carbonyl (C=O) groups excluding carboxylic acids is 1. The molecule has 1 aromatic carbocycles. The van der Waals surface area contributed by atoms with Crippen molar-refractivity contribution in [3.05, 3.63) is 56.3 Å². The fourth-order valence-electron chi connectivity index (χ4n) is 1.60. The van der Waals surface area contributed by atoms with Crippen molar-refractivity contribution in [3.63, 3.8) is 0 Å². The highest BCUT2D eigenvalue weighted by Gasteiger charge is 2.38. The Balaban J connectivity index is 2.34. The number of nitro benzene ring substituents is 1. The smallest absolute Gasteiger partial charge is 0.321 e. The molecule has 0 atom stereocenters. The van der Waals surface area contributed by atoms with E-state index in [1.54, 1.807) is 11.4 Å². The largest absolute Gasteiger partial charge is 0.423 e. The van der Waals surface area contributed by atoms with E-state index in [9.17, 15) is 28.1 Å². The lowest BCUT2D eigenvalue weighted by Gasteiger charge is -2.10. The molecule has 0 saturated carbocycles. The minimum absolute atomic E-state index is 0.161. The number of halogens is 3. The van der Waals surface area contributed by atoms with Crippen LogP contribution in [0.25, 0.3) is 0 Å². The average molecular weight is 316 g/mol. The average Bonchev–Trinajstić information content (AvgIpc) is 2.91. The van der Waals surface area contributed by atoms with Gasteiger partial charge in [-0.15, -0.1) is 11.3 Å². The molecule has 5 nitrogen and oxygen atoms in total. The third-order valence-corrected chi connectivity index (χ3v) is 3.37. The molecule has 0 saturated heterocycles. The SMILES string of the molecule is O=C(Nc1ccc([N+](=O)[O-])c(C(F)(F)F)c1)c1cccs1. The molecule has 0 bridgehead atoms. The standard InChI is InChI=1S/C12H7F3N2O3S/c13-12(14,15)8-6-7(3-4-9(8)17(19)20)16-11(18)10-2-1-5-21-10/h1-6H,(H,16,18). The Bertz CT molecular complexity index is 684. The van der Waals surface area contributed by atoms with Crippen molar-refractivity contribution in [2.45, 2.75) is 6.18 Å². The van der Waals surface area contributed by atoms with Crippen molar-refractivity contribution >= 4 is 28.6 Å². The number of rotatable bonds is 3. The molecule has 0 aliphatic carbocycles. The molecular formula is C12H7F3N2O3S. The van der Waals surface area contributed by atoms with Gasteiger partial charge >= 0.3 is 6.18 Å². The predicted octanol–water partition coefficient (Wildman–Crippen LogP) is 3.93. The van der Waals surface area contributed by atoms with Crippen molar-refractivity contribution in [2.75, 3.05) is 5.32 Å². The van der Waals surface area contributed by atoms with Gasteiger partial charge in [0, 0.05) is 11.8 Å². The van der Waals surface area contributed by atoms with Gasteiger partial charge in [-0.2, -0.15) is 13.2 Å². The van der Waals surface area contributed by atoms with E-state index >= 15 is 0 Å². The number of hydrogen-bond donors (Lipinski definition) is 1. The topological polar surface area (TPSA) is 72.2 Å². The number of nitrogens with one attached hydrogen (secondary N) is 1. The van der Waals surface area contributed by atoms with Gasteiger partial charge in [0.2, 0.25) is 0 Å². The Morgan fingerprint density at radius 2 is 2.00 bits per heavy atom. The number of hydrogen-bond acceptors (Lipinski definition) is 4. The first-order valence-electron chi connectivity index (χ1n) is 5.49. The Labute approximate surface area is 120 Å². The first-order chi connectivity index (χ1) is 9.79. The van der Waals surface area contributed by atoms with Crippen LogP contribution in [0.5, 0.6) is 0 Å². The lowest BCUT2D eigenvalue weighted by Crippen LogP contribution is -2.13. The molecule has 2 rings (SSSR count). The fraction of sp³-hybridized carbons (Fsp3) is 0.0833. The summed E-state index contributed by atoms with van der Waals surface area (Å²) in [6.45, 7) is 0. The number of amides is 1. The van der Waals surface area contributed by atoms with Crippen molar-refractivity contribution in [1.82, 2.24) is 0 Å². The van der Waals surface area contributed by atoms with E-state index in [4.69, 9.17) is 0 Å². The van der Waals surface area contributed by atoms with Crippen molar-refractivity contribution < 1.29 is 22.9 Å². The first-order valence-corrected chi connectivity index (χ1v) is 6.37. The summed E-state index contributed by atoms with van der Waals surface area (Å²) in [4.78, 5) is 21.6. The summed E-state index contributed by atoms with van der Waals surface area (Å²) >= 11 is 1.13. The van der Waals surface area contributed by atoms with Crippen LogP contribution in [0.3, 0.4) is 0 Å². The van der Waals surface area contributed by atoms with Crippen molar-refractivity contribution in [2.24, 2.45) is 0 Å². The van der Waals surface area contributed by atoms with E-state index in [-0.39, 0.29) is 5.69 Å². The second-order valence-corrected chi connectivity index (χ2v) is 4.87. The van der Waals surface area contributed by atoms with Crippen LogP contribution in [-0.2, 0) is 6.18 Å². The molecule has 0 spiro atoms. The minimum Gasteiger partial charge on any atom is -0.321 e. The molecule has 21 heavy (non-hydrogen) atoms. The van der Waals surface area contributed by atoms with Gasteiger partial charge in [-0.1, -0.05) is 6.07 Å². The maximum absolute atomic E-state index is 12.8. The highest BCUT2D eigenvalue weighted by molar-refractivity contribution is 7.12. The van der Waals surface area contributed by atoms with Crippen LogP contribution in [0.4, 0.5) is 24.5 Å². The second-order valence-electron chi connectivity index (χ2n) is 3.92. The van der Waals surface area contributed by atoms with Gasteiger partial charge in [0.05, 0.1) is 9.80 Å². The number of benzene rings is 1. The number of carbonyl (C=O) groups is 1. The van der Waals surface area contributed by atoms with Gasteiger partial charge < -0.3 is 5.32 Å². The Morgan fingerprint density at radius 3 is 2.52 bits per heavy atom. The zero-order valence-corrected chi connectivity index (χ0v) is 11.0. The summed E-state index contributed by atoms with van der Waals surface area (Å²) in [5, 5.41) is 14.5. The van der Waals surface area contributed by atoms with Gasteiger partial charge in [-0.05, 0) is 23.6 Å². The summed E-state index contributed by atoms with van der Waals surface area (Å²) in [5.74, 6) is -0.577. The lowest BCUT2D eigenvalue weighted by molar-refractivity contribution is -0.388. The van der Waals surface area contributed by atoms with E-state index in [0.717, 1.165) is 17.4 Å². The third-order valence-electron chi connectivity index (χ3n) is 2.50. The molecule has 1 N–H and O–H groups in total. The monoisotopic (exact) mass is 316 g/mol. The van der Waals surface area contributed by atoms with E-state index in [2.05, 4.69) is 5.32 Å². The van der Waals surface area contributed by atoms with Crippen LogP contribution in [0.1, 0.15) is 15.2 Å². The third kappa shape index (κ3) is 3.37. The van der Waals surface area contributed by atoms with Crippen LogP contribution in [-0.4, -0.2) is 10.8 Å². The molecular weight excluding hydrogens is 309 g/mol.